The minimum Gasteiger partial charge on any atom is -0.329 e. The van der Waals surface area contributed by atoms with Crippen molar-refractivity contribution in [3.63, 3.8) is 0 Å². The van der Waals surface area contributed by atoms with Gasteiger partial charge in [0.2, 0.25) is 0 Å². The molecule has 1 aromatic carbocycles. The van der Waals surface area contributed by atoms with Crippen LogP contribution in [0.25, 0.3) is 0 Å². The van der Waals surface area contributed by atoms with E-state index < -0.39 is 0 Å². The average Bonchev–Trinajstić information content (AvgIpc) is 2.87. The molecule has 2 atom stereocenters. The van der Waals surface area contributed by atoms with Crippen LogP contribution >= 0.6 is 27.7 Å². The number of halogens is 1. The molecule has 0 aromatic heterocycles. The third-order valence-electron chi connectivity index (χ3n) is 3.66. The molecule has 1 aliphatic heterocycles. The van der Waals surface area contributed by atoms with Gasteiger partial charge >= 0.3 is 0 Å². The first-order valence-corrected chi connectivity index (χ1v) is 8.38. The van der Waals surface area contributed by atoms with Gasteiger partial charge in [0.1, 0.15) is 0 Å². The van der Waals surface area contributed by atoms with Gasteiger partial charge in [-0.15, -0.1) is 0 Å². The van der Waals surface area contributed by atoms with Gasteiger partial charge in [0, 0.05) is 23.6 Å². The van der Waals surface area contributed by atoms with Crippen molar-refractivity contribution in [2.45, 2.75) is 19.0 Å². The zero-order chi connectivity index (χ0) is 13.0. The summed E-state index contributed by atoms with van der Waals surface area (Å²) in [6, 6.07) is 9.08. The summed E-state index contributed by atoms with van der Waals surface area (Å²) in [5.41, 5.74) is 7.32. The minimum atomic E-state index is 0.517. The fourth-order valence-electron chi connectivity index (χ4n) is 2.58. The Kier molecular flexibility index (Phi) is 5.55. The lowest BCUT2D eigenvalue weighted by molar-refractivity contribution is 0.184. The Morgan fingerprint density at radius 3 is 2.72 bits per heavy atom. The Labute approximate surface area is 122 Å². The topological polar surface area (TPSA) is 29.3 Å². The lowest BCUT2D eigenvalue weighted by atomic mass is 9.97. The highest BCUT2D eigenvalue weighted by Gasteiger charge is 2.27. The van der Waals surface area contributed by atoms with Crippen molar-refractivity contribution in [1.29, 1.82) is 0 Å². The van der Waals surface area contributed by atoms with Crippen molar-refractivity contribution in [2.75, 3.05) is 25.1 Å². The Bertz CT molecular complexity index is 363. The zero-order valence-corrected chi connectivity index (χ0v) is 13.2. The monoisotopic (exact) mass is 328 g/mol. The van der Waals surface area contributed by atoms with E-state index in [4.69, 9.17) is 5.73 Å². The van der Waals surface area contributed by atoms with Crippen molar-refractivity contribution in [3.05, 3.63) is 34.3 Å². The molecule has 1 heterocycles. The molecule has 4 heteroatoms. The van der Waals surface area contributed by atoms with E-state index in [9.17, 15) is 0 Å². The van der Waals surface area contributed by atoms with Crippen LogP contribution in [0.5, 0.6) is 0 Å². The molecule has 0 bridgehead atoms. The van der Waals surface area contributed by atoms with Crippen LogP contribution in [-0.4, -0.2) is 36.0 Å². The standard InChI is InChI=1S/C14H21BrN2S/c1-17(9-11-2-4-13(15)5-3-11)14(8-16)12-6-7-18-10-12/h2-5,12,14H,6-10,16H2,1H3. The quantitative estimate of drug-likeness (QED) is 0.901. The first-order chi connectivity index (χ1) is 8.70. The first-order valence-electron chi connectivity index (χ1n) is 6.43. The molecule has 0 spiro atoms. The van der Waals surface area contributed by atoms with Crippen molar-refractivity contribution in [1.82, 2.24) is 4.90 Å². The van der Waals surface area contributed by atoms with Crippen LogP contribution in [0.2, 0.25) is 0 Å². The van der Waals surface area contributed by atoms with Crippen LogP contribution in [0.3, 0.4) is 0 Å². The number of benzene rings is 1. The molecule has 2 nitrogen and oxygen atoms in total. The van der Waals surface area contributed by atoms with E-state index in [2.05, 4.69) is 63.9 Å². The largest absolute Gasteiger partial charge is 0.329 e. The third kappa shape index (κ3) is 3.73. The summed E-state index contributed by atoms with van der Waals surface area (Å²) in [7, 11) is 2.20. The SMILES string of the molecule is CN(Cc1ccc(Br)cc1)C(CN)C1CCSC1. The molecule has 1 aromatic rings. The number of hydrogen-bond acceptors (Lipinski definition) is 3. The van der Waals surface area contributed by atoms with E-state index in [0.29, 0.717) is 6.04 Å². The Morgan fingerprint density at radius 2 is 2.17 bits per heavy atom. The summed E-state index contributed by atoms with van der Waals surface area (Å²) in [6.07, 6.45) is 1.32. The van der Waals surface area contributed by atoms with Crippen molar-refractivity contribution < 1.29 is 0 Å². The van der Waals surface area contributed by atoms with Gasteiger partial charge in [0.15, 0.2) is 0 Å². The maximum absolute atomic E-state index is 5.97. The summed E-state index contributed by atoms with van der Waals surface area (Å²) in [4.78, 5) is 2.42. The maximum Gasteiger partial charge on any atom is 0.0255 e. The Balaban J connectivity index is 1.96. The Morgan fingerprint density at radius 1 is 1.44 bits per heavy atom. The average molecular weight is 329 g/mol. The second-order valence-electron chi connectivity index (χ2n) is 4.97. The number of hydrogen-bond donors (Lipinski definition) is 1. The second-order valence-corrected chi connectivity index (χ2v) is 7.03. The number of nitrogens with zero attached hydrogens (tertiary/aromatic N) is 1. The molecular formula is C14H21BrN2S. The van der Waals surface area contributed by atoms with Gasteiger partial charge in [-0.1, -0.05) is 28.1 Å². The molecule has 2 N–H and O–H groups in total. The smallest absolute Gasteiger partial charge is 0.0255 e. The molecule has 2 rings (SSSR count). The number of likely N-dealkylation sites (N-methyl/N-ethyl adjacent to an activating group) is 1. The lowest BCUT2D eigenvalue weighted by Gasteiger charge is -2.31. The molecule has 1 aliphatic rings. The zero-order valence-electron chi connectivity index (χ0n) is 10.8. The summed E-state index contributed by atoms with van der Waals surface area (Å²) in [6.45, 7) is 1.74. The van der Waals surface area contributed by atoms with Gasteiger partial charge in [0.05, 0.1) is 0 Å². The molecule has 0 aliphatic carbocycles. The molecule has 0 amide bonds. The molecule has 0 saturated carbocycles. The molecule has 1 fully saturated rings. The summed E-state index contributed by atoms with van der Waals surface area (Å²) >= 11 is 5.53. The van der Waals surface area contributed by atoms with Crippen LogP contribution in [0, 0.1) is 5.92 Å². The lowest BCUT2D eigenvalue weighted by Crippen LogP contribution is -2.43. The molecule has 18 heavy (non-hydrogen) atoms. The summed E-state index contributed by atoms with van der Waals surface area (Å²) < 4.78 is 1.14. The van der Waals surface area contributed by atoms with Gasteiger partial charge in [-0.05, 0) is 48.6 Å². The highest BCUT2D eigenvalue weighted by molar-refractivity contribution is 9.10. The number of thioether (sulfide) groups is 1. The van der Waals surface area contributed by atoms with Crippen LogP contribution in [0.4, 0.5) is 0 Å². The second kappa shape index (κ2) is 6.94. The molecular weight excluding hydrogens is 308 g/mol. The predicted molar refractivity (Wildman–Crippen MR) is 83.9 cm³/mol. The fraction of sp³-hybridized carbons (Fsp3) is 0.571. The minimum absolute atomic E-state index is 0.517. The van der Waals surface area contributed by atoms with Crippen LogP contribution < -0.4 is 5.73 Å². The van der Waals surface area contributed by atoms with Crippen molar-refractivity contribution in [3.8, 4) is 0 Å². The van der Waals surface area contributed by atoms with Crippen LogP contribution in [0.1, 0.15) is 12.0 Å². The number of rotatable bonds is 5. The first kappa shape index (κ1) is 14.4. The van der Waals surface area contributed by atoms with Crippen LogP contribution in [0.15, 0.2) is 28.7 Å². The third-order valence-corrected chi connectivity index (χ3v) is 5.38. The van der Waals surface area contributed by atoms with E-state index in [1.54, 1.807) is 0 Å². The van der Waals surface area contributed by atoms with Gasteiger partial charge in [-0.2, -0.15) is 11.8 Å². The van der Waals surface area contributed by atoms with E-state index >= 15 is 0 Å². The molecule has 2 unspecified atom stereocenters. The van der Waals surface area contributed by atoms with Crippen molar-refractivity contribution in [2.24, 2.45) is 11.7 Å². The highest BCUT2D eigenvalue weighted by Crippen LogP contribution is 2.28. The maximum atomic E-state index is 5.97. The molecule has 100 valence electrons. The summed E-state index contributed by atoms with van der Waals surface area (Å²) in [5.74, 6) is 3.33. The van der Waals surface area contributed by atoms with E-state index in [1.807, 2.05) is 0 Å². The van der Waals surface area contributed by atoms with E-state index in [0.717, 1.165) is 23.5 Å². The summed E-state index contributed by atoms with van der Waals surface area (Å²) in [5, 5.41) is 0. The molecule has 1 saturated heterocycles. The highest BCUT2D eigenvalue weighted by atomic mass is 79.9. The number of nitrogens with two attached hydrogens (primary N) is 1. The van der Waals surface area contributed by atoms with E-state index in [-0.39, 0.29) is 0 Å². The van der Waals surface area contributed by atoms with Crippen LogP contribution in [-0.2, 0) is 6.54 Å². The van der Waals surface area contributed by atoms with E-state index in [1.165, 1.54) is 23.5 Å². The fourth-order valence-corrected chi connectivity index (χ4v) is 4.18. The van der Waals surface area contributed by atoms with Gasteiger partial charge in [-0.25, -0.2) is 0 Å². The van der Waals surface area contributed by atoms with Gasteiger partial charge in [0.25, 0.3) is 0 Å². The normalized spacial score (nSPS) is 21.4. The van der Waals surface area contributed by atoms with Crippen molar-refractivity contribution >= 4 is 27.7 Å². The molecule has 0 radical (unpaired) electrons. The Hall–Kier alpha value is -0.0300. The van der Waals surface area contributed by atoms with Gasteiger partial charge < -0.3 is 5.73 Å². The predicted octanol–water partition coefficient (Wildman–Crippen LogP) is 2.96. The van der Waals surface area contributed by atoms with Gasteiger partial charge in [-0.3, -0.25) is 4.90 Å².